The van der Waals surface area contributed by atoms with Crippen LogP contribution < -0.4 is 4.74 Å². The molecule has 0 saturated heterocycles. The first-order valence-corrected chi connectivity index (χ1v) is 11.1. The van der Waals surface area contributed by atoms with Crippen LogP contribution in [0.2, 0.25) is 0 Å². The van der Waals surface area contributed by atoms with Crippen molar-refractivity contribution in [2.24, 2.45) is 0 Å². The molecule has 3 aromatic rings. The third-order valence-electron chi connectivity index (χ3n) is 5.45. The van der Waals surface area contributed by atoms with Crippen molar-refractivity contribution < 1.29 is 18.7 Å². The molecule has 1 aromatic heterocycles. The van der Waals surface area contributed by atoms with E-state index in [1.54, 1.807) is 25.1 Å². The Morgan fingerprint density at radius 2 is 1.79 bits per heavy atom. The van der Waals surface area contributed by atoms with Gasteiger partial charge in [-0.25, -0.2) is 0 Å². The number of Topliss-reactive ketones (excluding diaryl/α,β-unsaturated/α-hetero) is 1. The zero-order chi connectivity index (χ0) is 23.8. The van der Waals surface area contributed by atoms with Gasteiger partial charge in [-0.15, -0.1) is 0 Å². The lowest BCUT2D eigenvalue weighted by molar-refractivity contribution is -0.116. The summed E-state index contributed by atoms with van der Waals surface area (Å²) in [6.07, 6.45) is 4.93. The number of carbonyl (C=O) groups is 2. The molecule has 1 amide bonds. The fourth-order valence-electron chi connectivity index (χ4n) is 3.49. The molecular formula is C28H31NO4. The van der Waals surface area contributed by atoms with Crippen LogP contribution in [0.3, 0.4) is 0 Å². The van der Waals surface area contributed by atoms with Gasteiger partial charge in [-0.1, -0.05) is 35.4 Å². The summed E-state index contributed by atoms with van der Waals surface area (Å²) < 4.78 is 11.4. The Kier molecular flexibility index (Phi) is 8.25. The minimum Gasteiger partial charge on any atom is -0.489 e. The van der Waals surface area contributed by atoms with Crippen LogP contribution >= 0.6 is 0 Å². The third kappa shape index (κ3) is 6.94. The number of ether oxygens (including phenoxy) is 1. The van der Waals surface area contributed by atoms with E-state index < -0.39 is 0 Å². The Morgan fingerprint density at radius 1 is 1.03 bits per heavy atom. The topological polar surface area (TPSA) is 59.8 Å². The molecular weight excluding hydrogens is 414 g/mol. The number of aryl methyl sites for hydroxylation is 1. The van der Waals surface area contributed by atoms with Gasteiger partial charge >= 0.3 is 0 Å². The Bertz CT molecular complexity index is 1110. The zero-order valence-corrected chi connectivity index (χ0v) is 19.8. The summed E-state index contributed by atoms with van der Waals surface area (Å²) in [6, 6.07) is 17.1. The number of rotatable bonds is 10. The first-order chi connectivity index (χ1) is 15.8. The lowest BCUT2D eigenvalue weighted by atomic mass is 10.1. The molecule has 0 radical (unpaired) electrons. The highest BCUT2D eigenvalue weighted by Gasteiger charge is 2.15. The van der Waals surface area contributed by atoms with Crippen molar-refractivity contribution in [2.75, 3.05) is 13.7 Å². The minimum atomic E-state index is -0.0616. The van der Waals surface area contributed by atoms with Gasteiger partial charge in [0.25, 0.3) is 5.91 Å². The smallest absolute Gasteiger partial charge is 0.253 e. The Morgan fingerprint density at radius 3 is 2.45 bits per heavy atom. The quantitative estimate of drug-likeness (QED) is 0.348. The van der Waals surface area contributed by atoms with Crippen molar-refractivity contribution >= 4 is 11.7 Å². The Labute approximate surface area is 195 Å². The number of benzene rings is 2. The number of amides is 1. The van der Waals surface area contributed by atoms with Gasteiger partial charge in [-0.2, -0.15) is 0 Å². The summed E-state index contributed by atoms with van der Waals surface area (Å²) in [7, 11) is 1.79. The maximum atomic E-state index is 13.0. The highest BCUT2D eigenvalue weighted by molar-refractivity contribution is 5.94. The van der Waals surface area contributed by atoms with Crippen LogP contribution in [0.4, 0.5) is 0 Å². The van der Waals surface area contributed by atoms with E-state index in [1.807, 2.05) is 74.5 Å². The predicted octanol–water partition coefficient (Wildman–Crippen LogP) is 6.22. The van der Waals surface area contributed by atoms with Crippen LogP contribution in [0.15, 0.2) is 76.9 Å². The van der Waals surface area contributed by atoms with Gasteiger partial charge < -0.3 is 18.8 Å². The maximum Gasteiger partial charge on any atom is 0.253 e. The Balaban J connectivity index is 1.65. The monoisotopic (exact) mass is 445 g/mol. The average molecular weight is 446 g/mol. The highest BCUT2D eigenvalue weighted by Crippen LogP contribution is 2.24. The van der Waals surface area contributed by atoms with Gasteiger partial charge in [-0.3, -0.25) is 4.79 Å². The van der Waals surface area contributed by atoms with Crippen molar-refractivity contribution in [3.63, 3.8) is 0 Å². The van der Waals surface area contributed by atoms with Crippen molar-refractivity contribution in [1.82, 2.24) is 4.90 Å². The molecule has 2 aromatic carbocycles. The second-order valence-corrected chi connectivity index (χ2v) is 8.39. The molecule has 0 aliphatic heterocycles. The summed E-state index contributed by atoms with van der Waals surface area (Å²) in [5, 5.41) is 0. The lowest BCUT2D eigenvalue weighted by Crippen LogP contribution is -2.26. The summed E-state index contributed by atoms with van der Waals surface area (Å²) in [5.74, 6) is 1.65. The van der Waals surface area contributed by atoms with Crippen LogP contribution in [0.1, 0.15) is 48.2 Å². The molecule has 0 spiro atoms. The number of hydrogen-bond acceptors (Lipinski definition) is 4. The largest absolute Gasteiger partial charge is 0.489 e. The van der Waals surface area contributed by atoms with Gasteiger partial charge in [0.05, 0.1) is 6.26 Å². The second-order valence-electron chi connectivity index (χ2n) is 8.39. The zero-order valence-electron chi connectivity index (χ0n) is 19.8. The van der Waals surface area contributed by atoms with Crippen LogP contribution in [-0.2, 0) is 11.3 Å². The molecule has 0 fully saturated rings. The van der Waals surface area contributed by atoms with E-state index in [4.69, 9.17) is 9.15 Å². The summed E-state index contributed by atoms with van der Waals surface area (Å²) >= 11 is 0. The van der Waals surface area contributed by atoms with E-state index in [0.717, 1.165) is 40.2 Å². The van der Waals surface area contributed by atoms with Crippen LogP contribution in [0.5, 0.6) is 5.75 Å². The van der Waals surface area contributed by atoms with E-state index >= 15 is 0 Å². The van der Waals surface area contributed by atoms with Crippen molar-refractivity contribution in [3.05, 3.63) is 89.2 Å². The van der Waals surface area contributed by atoms with Crippen LogP contribution in [0.25, 0.3) is 11.3 Å². The van der Waals surface area contributed by atoms with E-state index in [0.29, 0.717) is 25.1 Å². The Hall–Kier alpha value is -3.60. The summed E-state index contributed by atoms with van der Waals surface area (Å²) in [6.45, 7) is 6.49. The molecule has 0 aliphatic carbocycles. The molecule has 172 valence electrons. The van der Waals surface area contributed by atoms with E-state index in [2.05, 4.69) is 0 Å². The maximum absolute atomic E-state index is 13.0. The van der Waals surface area contributed by atoms with Crippen molar-refractivity contribution in [2.45, 2.75) is 40.2 Å². The summed E-state index contributed by atoms with van der Waals surface area (Å²) in [4.78, 5) is 25.8. The molecule has 0 N–H and O–H groups in total. The SMILES string of the molecule is CC(=O)CC/C(C)=C/COc1ccc(C)cc1CN(C)C(=O)c1ccc(-c2ccco2)cc1. The molecule has 1 heterocycles. The number of carbonyl (C=O) groups excluding carboxylic acids is 2. The van der Waals surface area contributed by atoms with Gasteiger partial charge in [0.15, 0.2) is 0 Å². The van der Waals surface area contributed by atoms with Gasteiger partial charge in [0, 0.05) is 36.7 Å². The van der Waals surface area contributed by atoms with Crippen LogP contribution in [-0.4, -0.2) is 30.2 Å². The number of nitrogens with zero attached hydrogens (tertiary/aromatic N) is 1. The minimum absolute atomic E-state index is 0.0616. The van der Waals surface area contributed by atoms with E-state index in [-0.39, 0.29) is 11.7 Å². The third-order valence-corrected chi connectivity index (χ3v) is 5.45. The van der Waals surface area contributed by atoms with Gasteiger partial charge in [0.2, 0.25) is 0 Å². The molecule has 0 aliphatic rings. The molecule has 0 bridgehead atoms. The number of ketones is 1. The molecule has 0 unspecified atom stereocenters. The average Bonchev–Trinajstić information content (AvgIpc) is 3.33. The molecule has 5 heteroatoms. The molecule has 33 heavy (non-hydrogen) atoms. The van der Waals surface area contributed by atoms with E-state index in [9.17, 15) is 9.59 Å². The first kappa shape index (κ1) is 24.1. The number of furan rings is 1. The molecule has 0 saturated carbocycles. The first-order valence-electron chi connectivity index (χ1n) is 11.1. The molecule has 5 nitrogen and oxygen atoms in total. The fourth-order valence-corrected chi connectivity index (χ4v) is 3.49. The molecule has 3 rings (SSSR count). The van der Waals surface area contributed by atoms with Gasteiger partial charge in [0.1, 0.15) is 23.9 Å². The van der Waals surface area contributed by atoms with Gasteiger partial charge in [-0.05, 0) is 63.6 Å². The molecule has 0 atom stereocenters. The predicted molar refractivity (Wildman–Crippen MR) is 130 cm³/mol. The van der Waals surface area contributed by atoms with Crippen LogP contribution in [0, 0.1) is 6.92 Å². The highest BCUT2D eigenvalue weighted by atomic mass is 16.5. The van der Waals surface area contributed by atoms with Crippen molar-refractivity contribution in [1.29, 1.82) is 0 Å². The number of hydrogen-bond donors (Lipinski definition) is 0. The lowest BCUT2D eigenvalue weighted by Gasteiger charge is -2.20. The fraction of sp³-hybridized carbons (Fsp3) is 0.286. The van der Waals surface area contributed by atoms with Crippen molar-refractivity contribution in [3.8, 4) is 17.1 Å². The normalized spacial score (nSPS) is 11.3. The number of allylic oxidation sites excluding steroid dienone is 1. The summed E-state index contributed by atoms with van der Waals surface area (Å²) in [5.41, 5.74) is 4.73. The standard InChI is InChI=1S/C28H31NO4/c1-20(7-9-22(3)30)15-17-33-27-14-8-21(2)18-25(27)19-29(4)28(31)24-12-10-23(11-13-24)26-6-5-16-32-26/h5-6,8,10-16,18H,7,9,17,19H2,1-4H3/b20-15+. The second kappa shape index (κ2) is 11.3. The van der Waals surface area contributed by atoms with E-state index in [1.165, 1.54) is 0 Å².